The van der Waals surface area contributed by atoms with Gasteiger partial charge in [0.05, 0.1) is 0 Å². The maximum Gasteiger partial charge on any atom is 0.0384 e. The number of para-hydroxylation sites is 2. The molecule has 0 amide bonds. The van der Waals surface area contributed by atoms with Gasteiger partial charge in [0, 0.05) is 24.5 Å². The zero-order valence-electron chi connectivity index (χ0n) is 9.19. The summed E-state index contributed by atoms with van der Waals surface area (Å²) in [6.45, 7) is 2.50. The number of hydrogen-bond acceptors (Lipinski definition) is 2. The third kappa shape index (κ3) is 4.15. The van der Waals surface area contributed by atoms with Crippen molar-refractivity contribution in [1.82, 2.24) is 5.32 Å². The van der Waals surface area contributed by atoms with Gasteiger partial charge in [-0.3, -0.25) is 0 Å². The Kier molecular flexibility index (Phi) is 3.97. The van der Waals surface area contributed by atoms with Crippen molar-refractivity contribution < 1.29 is 0 Å². The van der Waals surface area contributed by atoms with Crippen molar-refractivity contribution in [3.05, 3.63) is 60.7 Å². The van der Waals surface area contributed by atoms with Crippen molar-refractivity contribution >= 4 is 11.4 Å². The van der Waals surface area contributed by atoms with Gasteiger partial charge in [-0.15, -0.1) is 0 Å². The summed E-state index contributed by atoms with van der Waals surface area (Å²) >= 11 is 0. The summed E-state index contributed by atoms with van der Waals surface area (Å²) in [7, 11) is 0. The highest BCUT2D eigenvalue weighted by molar-refractivity contribution is 5.58. The third-order valence-corrected chi connectivity index (χ3v) is 2.09. The SMILES string of the molecule is C1CN1.c1ccc(Nc2ccccc2)cc1. The fourth-order valence-corrected chi connectivity index (χ4v) is 1.21. The van der Waals surface area contributed by atoms with E-state index in [1.54, 1.807) is 0 Å². The predicted octanol–water partition coefficient (Wildman–Crippen LogP) is 3.02. The van der Waals surface area contributed by atoms with E-state index in [1.165, 1.54) is 13.1 Å². The molecule has 2 heteroatoms. The van der Waals surface area contributed by atoms with Gasteiger partial charge < -0.3 is 10.6 Å². The summed E-state index contributed by atoms with van der Waals surface area (Å²) in [6.07, 6.45) is 0. The second kappa shape index (κ2) is 5.93. The van der Waals surface area contributed by atoms with Crippen molar-refractivity contribution in [3.8, 4) is 0 Å². The summed E-state index contributed by atoms with van der Waals surface area (Å²) in [5, 5.41) is 6.30. The average Bonchev–Trinajstić information content (AvgIpc) is 3.19. The van der Waals surface area contributed by atoms with Crippen LogP contribution in [0.4, 0.5) is 11.4 Å². The lowest BCUT2D eigenvalue weighted by atomic mass is 10.3. The lowest BCUT2D eigenvalue weighted by molar-refractivity contribution is 1.34. The Morgan fingerprint density at radius 1 is 0.688 bits per heavy atom. The number of anilines is 2. The molecule has 1 aliphatic rings. The van der Waals surface area contributed by atoms with Gasteiger partial charge >= 0.3 is 0 Å². The molecule has 0 aliphatic carbocycles. The second-order valence-electron chi connectivity index (χ2n) is 3.61. The minimum Gasteiger partial charge on any atom is -0.356 e. The maximum atomic E-state index is 3.30. The lowest BCUT2D eigenvalue weighted by Gasteiger charge is -2.04. The van der Waals surface area contributed by atoms with Crippen LogP contribution in [0.25, 0.3) is 0 Å². The first-order valence-corrected chi connectivity index (χ1v) is 5.53. The lowest BCUT2D eigenvalue weighted by Crippen LogP contribution is -1.87. The molecule has 2 N–H and O–H groups in total. The van der Waals surface area contributed by atoms with Crippen LogP contribution >= 0.6 is 0 Å². The van der Waals surface area contributed by atoms with Gasteiger partial charge in [0.2, 0.25) is 0 Å². The minimum atomic E-state index is 1.12. The summed E-state index contributed by atoms with van der Waals surface area (Å²) < 4.78 is 0. The first-order chi connectivity index (χ1) is 7.95. The Morgan fingerprint density at radius 2 is 1.06 bits per heavy atom. The monoisotopic (exact) mass is 212 g/mol. The smallest absolute Gasteiger partial charge is 0.0384 e. The van der Waals surface area contributed by atoms with E-state index in [0.29, 0.717) is 0 Å². The number of hydrogen-bond donors (Lipinski definition) is 2. The van der Waals surface area contributed by atoms with Crippen molar-refractivity contribution in [1.29, 1.82) is 0 Å². The molecule has 0 atom stereocenters. The molecule has 16 heavy (non-hydrogen) atoms. The standard InChI is InChI=1S/C12H11N.C2H5N/c1-3-7-11(8-4-1)13-12-9-5-2-6-10-12;1-2-3-1/h1-10,13H;3H,1-2H2. The molecule has 82 valence electrons. The number of nitrogens with one attached hydrogen (secondary N) is 2. The first-order valence-electron chi connectivity index (χ1n) is 5.53. The fraction of sp³-hybridized carbons (Fsp3) is 0.143. The molecule has 1 saturated heterocycles. The summed E-state index contributed by atoms with van der Waals surface area (Å²) in [6, 6.07) is 20.3. The van der Waals surface area contributed by atoms with E-state index < -0.39 is 0 Å². The van der Waals surface area contributed by atoms with Gasteiger partial charge in [0.15, 0.2) is 0 Å². The highest BCUT2D eigenvalue weighted by Crippen LogP contribution is 2.14. The van der Waals surface area contributed by atoms with Crippen LogP contribution in [0.5, 0.6) is 0 Å². The molecule has 0 radical (unpaired) electrons. The van der Waals surface area contributed by atoms with Crippen LogP contribution in [-0.2, 0) is 0 Å². The number of benzene rings is 2. The molecule has 0 spiro atoms. The average molecular weight is 212 g/mol. The van der Waals surface area contributed by atoms with Gasteiger partial charge in [-0.05, 0) is 24.3 Å². The zero-order chi connectivity index (χ0) is 11.1. The second-order valence-corrected chi connectivity index (χ2v) is 3.61. The van der Waals surface area contributed by atoms with Gasteiger partial charge in [-0.2, -0.15) is 0 Å². The van der Waals surface area contributed by atoms with Gasteiger partial charge in [-0.1, -0.05) is 36.4 Å². The Balaban J connectivity index is 0.000000278. The summed E-state index contributed by atoms with van der Waals surface area (Å²) in [5.74, 6) is 0. The Labute approximate surface area is 96.3 Å². The van der Waals surface area contributed by atoms with Gasteiger partial charge in [-0.25, -0.2) is 0 Å². The Bertz CT molecular complexity index is 355. The molecular formula is C14H16N2. The van der Waals surface area contributed by atoms with Crippen LogP contribution in [0.3, 0.4) is 0 Å². The van der Waals surface area contributed by atoms with Crippen molar-refractivity contribution in [2.75, 3.05) is 18.4 Å². The van der Waals surface area contributed by atoms with E-state index in [0.717, 1.165) is 11.4 Å². The molecule has 2 aromatic carbocycles. The van der Waals surface area contributed by atoms with E-state index in [2.05, 4.69) is 10.6 Å². The van der Waals surface area contributed by atoms with Crippen LogP contribution in [0, 0.1) is 0 Å². The van der Waals surface area contributed by atoms with E-state index in [1.807, 2.05) is 60.7 Å². The van der Waals surface area contributed by atoms with E-state index in [-0.39, 0.29) is 0 Å². The van der Waals surface area contributed by atoms with Crippen LogP contribution < -0.4 is 10.6 Å². The third-order valence-electron chi connectivity index (χ3n) is 2.09. The molecule has 0 aromatic heterocycles. The normalized spacial score (nSPS) is 12.2. The molecule has 1 fully saturated rings. The Morgan fingerprint density at radius 3 is 1.38 bits per heavy atom. The van der Waals surface area contributed by atoms with Gasteiger partial charge in [0.25, 0.3) is 0 Å². The topological polar surface area (TPSA) is 34.0 Å². The Hall–Kier alpha value is -1.80. The van der Waals surface area contributed by atoms with Crippen molar-refractivity contribution in [2.24, 2.45) is 0 Å². The minimum absolute atomic E-state index is 1.12. The molecule has 0 saturated carbocycles. The van der Waals surface area contributed by atoms with Crippen LogP contribution in [0.1, 0.15) is 0 Å². The summed E-state index contributed by atoms with van der Waals surface area (Å²) in [5.41, 5.74) is 2.24. The largest absolute Gasteiger partial charge is 0.356 e. The fourth-order valence-electron chi connectivity index (χ4n) is 1.21. The maximum absolute atomic E-state index is 3.30. The highest BCUT2D eigenvalue weighted by atomic mass is 15.0. The molecular weight excluding hydrogens is 196 g/mol. The predicted molar refractivity (Wildman–Crippen MR) is 69.0 cm³/mol. The quantitative estimate of drug-likeness (QED) is 0.750. The van der Waals surface area contributed by atoms with E-state index in [4.69, 9.17) is 0 Å². The molecule has 0 bridgehead atoms. The molecule has 0 unspecified atom stereocenters. The van der Waals surface area contributed by atoms with Crippen LogP contribution in [-0.4, -0.2) is 13.1 Å². The first kappa shape index (κ1) is 10.7. The van der Waals surface area contributed by atoms with Crippen molar-refractivity contribution in [3.63, 3.8) is 0 Å². The van der Waals surface area contributed by atoms with Crippen molar-refractivity contribution in [2.45, 2.75) is 0 Å². The molecule has 1 heterocycles. The molecule has 3 rings (SSSR count). The molecule has 1 aliphatic heterocycles. The summed E-state index contributed by atoms with van der Waals surface area (Å²) in [4.78, 5) is 0. The highest BCUT2D eigenvalue weighted by Gasteiger charge is 1.91. The zero-order valence-corrected chi connectivity index (χ0v) is 9.19. The van der Waals surface area contributed by atoms with Gasteiger partial charge in [0.1, 0.15) is 0 Å². The van der Waals surface area contributed by atoms with E-state index >= 15 is 0 Å². The van der Waals surface area contributed by atoms with Crippen LogP contribution in [0.2, 0.25) is 0 Å². The molecule has 2 nitrogen and oxygen atoms in total. The van der Waals surface area contributed by atoms with Crippen LogP contribution in [0.15, 0.2) is 60.7 Å². The molecule has 2 aromatic rings. The van der Waals surface area contributed by atoms with E-state index in [9.17, 15) is 0 Å². The number of rotatable bonds is 2.